The molecule has 0 radical (unpaired) electrons. The summed E-state index contributed by atoms with van der Waals surface area (Å²) in [6, 6.07) is 3.98. The highest BCUT2D eigenvalue weighted by Gasteiger charge is 2.22. The van der Waals surface area contributed by atoms with Crippen LogP contribution in [0.2, 0.25) is 5.02 Å². The smallest absolute Gasteiger partial charge is 0.227 e. The Hall–Kier alpha value is -1.46. The molecule has 5 nitrogen and oxygen atoms in total. The third kappa shape index (κ3) is 3.24. The van der Waals surface area contributed by atoms with Crippen LogP contribution in [0.4, 0.5) is 0 Å². The summed E-state index contributed by atoms with van der Waals surface area (Å²) in [5.74, 6) is 1.33. The Balaban J connectivity index is 1.72. The van der Waals surface area contributed by atoms with Crippen molar-refractivity contribution >= 4 is 17.5 Å². The Kier molecular flexibility index (Phi) is 4.22. The van der Waals surface area contributed by atoms with E-state index in [1.807, 2.05) is 11.0 Å². The van der Waals surface area contributed by atoms with Gasteiger partial charge in [-0.25, -0.2) is 0 Å². The molecule has 2 heterocycles. The average Bonchev–Trinajstić information content (AvgIpc) is 2.47. The number of benzene rings is 1. The maximum atomic E-state index is 12.4. The number of nitrogens with one attached hydrogen (secondary N) is 1. The van der Waals surface area contributed by atoms with E-state index < -0.39 is 0 Å². The van der Waals surface area contributed by atoms with Crippen molar-refractivity contribution < 1.29 is 14.3 Å². The first kappa shape index (κ1) is 14.5. The number of halogens is 1. The van der Waals surface area contributed by atoms with Gasteiger partial charge in [-0.15, -0.1) is 0 Å². The van der Waals surface area contributed by atoms with Gasteiger partial charge in [0.05, 0.1) is 11.4 Å². The van der Waals surface area contributed by atoms with Gasteiger partial charge in [0.1, 0.15) is 13.2 Å². The van der Waals surface area contributed by atoms with Crippen LogP contribution in [-0.2, 0) is 11.2 Å². The van der Waals surface area contributed by atoms with E-state index in [0.29, 0.717) is 42.2 Å². The Bertz CT molecular complexity index is 550. The van der Waals surface area contributed by atoms with Crippen molar-refractivity contribution in [2.75, 3.05) is 32.8 Å². The average molecular weight is 311 g/mol. The topological polar surface area (TPSA) is 50.8 Å². The minimum Gasteiger partial charge on any atom is -0.486 e. The van der Waals surface area contributed by atoms with Crippen molar-refractivity contribution in [2.45, 2.75) is 19.4 Å². The zero-order valence-electron chi connectivity index (χ0n) is 12.0. The quantitative estimate of drug-likeness (QED) is 0.899. The van der Waals surface area contributed by atoms with Crippen molar-refractivity contribution in [3.05, 3.63) is 22.7 Å². The molecule has 0 aromatic heterocycles. The van der Waals surface area contributed by atoms with Crippen LogP contribution in [0.15, 0.2) is 12.1 Å². The molecule has 0 unspecified atom stereocenters. The molecule has 3 rings (SSSR count). The third-order valence-corrected chi connectivity index (χ3v) is 4.01. The number of fused-ring (bicyclic) bond motifs is 1. The van der Waals surface area contributed by atoms with Crippen LogP contribution >= 0.6 is 11.6 Å². The Labute approximate surface area is 129 Å². The van der Waals surface area contributed by atoms with Crippen LogP contribution in [0.25, 0.3) is 0 Å². The molecule has 1 fully saturated rings. The number of rotatable bonds is 2. The molecule has 2 aliphatic heterocycles. The maximum Gasteiger partial charge on any atom is 0.227 e. The van der Waals surface area contributed by atoms with Crippen LogP contribution in [-0.4, -0.2) is 49.7 Å². The lowest BCUT2D eigenvalue weighted by molar-refractivity contribution is -0.131. The van der Waals surface area contributed by atoms with Gasteiger partial charge < -0.3 is 19.7 Å². The fraction of sp³-hybridized carbons (Fsp3) is 0.533. The van der Waals surface area contributed by atoms with Crippen LogP contribution in [0.5, 0.6) is 11.5 Å². The third-order valence-electron chi connectivity index (χ3n) is 3.73. The Morgan fingerprint density at radius 3 is 3.05 bits per heavy atom. The number of ether oxygens (including phenoxy) is 2. The minimum absolute atomic E-state index is 0.121. The summed E-state index contributed by atoms with van der Waals surface area (Å²) in [4.78, 5) is 14.3. The van der Waals surface area contributed by atoms with Gasteiger partial charge in [-0.2, -0.15) is 0 Å². The van der Waals surface area contributed by atoms with E-state index in [-0.39, 0.29) is 5.91 Å². The summed E-state index contributed by atoms with van der Waals surface area (Å²) < 4.78 is 11.0. The fourth-order valence-corrected chi connectivity index (χ4v) is 3.00. The summed E-state index contributed by atoms with van der Waals surface area (Å²) in [6.07, 6.45) is 0.336. The molecule has 1 saturated heterocycles. The summed E-state index contributed by atoms with van der Waals surface area (Å²) in [5, 5.41) is 3.83. The molecule has 6 heteroatoms. The normalized spacial score (nSPS) is 21.2. The monoisotopic (exact) mass is 310 g/mol. The van der Waals surface area contributed by atoms with Crippen molar-refractivity contribution in [1.29, 1.82) is 0 Å². The molecule has 2 aliphatic rings. The highest BCUT2D eigenvalue weighted by molar-refractivity contribution is 6.32. The molecular weight excluding hydrogens is 292 g/mol. The van der Waals surface area contributed by atoms with Gasteiger partial charge >= 0.3 is 0 Å². The maximum absolute atomic E-state index is 12.4. The van der Waals surface area contributed by atoms with Gasteiger partial charge in [-0.1, -0.05) is 11.6 Å². The van der Waals surface area contributed by atoms with Crippen LogP contribution in [0.3, 0.4) is 0 Å². The van der Waals surface area contributed by atoms with Crippen molar-refractivity contribution in [3.8, 4) is 11.5 Å². The molecule has 21 heavy (non-hydrogen) atoms. The second-order valence-electron chi connectivity index (χ2n) is 5.47. The first-order valence-corrected chi connectivity index (χ1v) is 7.60. The van der Waals surface area contributed by atoms with Crippen molar-refractivity contribution in [3.63, 3.8) is 0 Å². The molecule has 0 spiro atoms. The molecule has 1 aromatic carbocycles. The van der Waals surface area contributed by atoms with Crippen molar-refractivity contribution in [2.24, 2.45) is 0 Å². The number of piperazine rings is 1. The predicted octanol–water partition coefficient (Wildman–Crippen LogP) is 1.47. The molecule has 0 aliphatic carbocycles. The number of carbonyl (C=O) groups is 1. The van der Waals surface area contributed by atoms with Gasteiger partial charge in [0, 0.05) is 25.7 Å². The minimum atomic E-state index is 0.121. The lowest BCUT2D eigenvalue weighted by Gasteiger charge is -2.32. The summed E-state index contributed by atoms with van der Waals surface area (Å²) in [7, 11) is 0. The zero-order chi connectivity index (χ0) is 14.8. The Morgan fingerprint density at radius 2 is 2.24 bits per heavy atom. The fourth-order valence-electron chi connectivity index (χ4n) is 2.71. The summed E-state index contributed by atoms with van der Waals surface area (Å²) in [5.41, 5.74) is 0.862. The van der Waals surface area contributed by atoms with E-state index in [9.17, 15) is 4.79 Å². The largest absolute Gasteiger partial charge is 0.486 e. The lowest BCUT2D eigenvalue weighted by Crippen LogP contribution is -2.51. The van der Waals surface area contributed by atoms with Gasteiger partial charge in [0.15, 0.2) is 11.5 Å². The molecule has 0 saturated carbocycles. The molecule has 1 atom stereocenters. The van der Waals surface area contributed by atoms with Gasteiger partial charge in [-0.05, 0) is 24.6 Å². The highest BCUT2D eigenvalue weighted by Crippen LogP contribution is 2.38. The molecule has 1 aromatic rings. The van der Waals surface area contributed by atoms with Crippen LogP contribution in [0, 0.1) is 0 Å². The standard InChI is InChI=1S/C15H19ClN2O3/c1-10-9-18(3-2-17-10)14(19)8-11-6-12(16)15-13(7-11)20-4-5-21-15/h6-7,10,17H,2-5,8-9H2,1H3/t10-/m1/s1. The van der Waals surface area contributed by atoms with E-state index in [1.165, 1.54) is 0 Å². The van der Waals surface area contributed by atoms with E-state index in [2.05, 4.69) is 12.2 Å². The molecular formula is C15H19ClN2O3. The SMILES string of the molecule is C[C@@H]1CN(C(=O)Cc2cc(Cl)c3c(c2)OCCO3)CCN1. The Morgan fingerprint density at radius 1 is 1.43 bits per heavy atom. The number of amides is 1. The van der Waals surface area contributed by atoms with Crippen LogP contribution in [0.1, 0.15) is 12.5 Å². The van der Waals surface area contributed by atoms with Gasteiger partial charge in [0.25, 0.3) is 0 Å². The second-order valence-corrected chi connectivity index (χ2v) is 5.88. The van der Waals surface area contributed by atoms with Crippen molar-refractivity contribution in [1.82, 2.24) is 10.2 Å². The van der Waals surface area contributed by atoms with E-state index in [0.717, 1.165) is 25.2 Å². The van der Waals surface area contributed by atoms with Gasteiger partial charge in [-0.3, -0.25) is 4.79 Å². The van der Waals surface area contributed by atoms with E-state index in [4.69, 9.17) is 21.1 Å². The molecule has 0 bridgehead atoms. The molecule has 1 amide bonds. The van der Waals surface area contributed by atoms with Gasteiger partial charge in [0.2, 0.25) is 5.91 Å². The number of nitrogens with zero attached hydrogens (tertiary/aromatic N) is 1. The predicted molar refractivity (Wildman–Crippen MR) is 80.2 cm³/mol. The zero-order valence-corrected chi connectivity index (χ0v) is 12.8. The lowest BCUT2D eigenvalue weighted by atomic mass is 10.1. The molecule has 114 valence electrons. The first-order valence-electron chi connectivity index (χ1n) is 7.22. The van der Waals surface area contributed by atoms with E-state index in [1.54, 1.807) is 6.07 Å². The number of carbonyl (C=O) groups excluding carboxylic acids is 1. The number of hydrogen-bond donors (Lipinski definition) is 1. The second kappa shape index (κ2) is 6.12. The molecule has 1 N–H and O–H groups in total. The van der Waals surface area contributed by atoms with E-state index >= 15 is 0 Å². The highest BCUT2D eigenvalue weighted by atomic mass is 35.5. The number of hydrogen-bond acceptors (Lipinski definition) is 4. The summed E-state index contributed by atoms with van der Waals surface area (Å²) in [6.45, 7) is 5.44. The first-order chi connectivity index (χ1) is 10.1. The van der Waals surface area contributed by atoms with Crippen LogP contribution < -0.4 is 14.8 Å². The summed E-state index contributed by atoms with van der Waals surface area (Å²) >= 11 is 6.20.